The van der Waals surface area contributed by atoms with Crippen LogP contribution in [0.1, 0.15) is 31.2 Å². The molecule has 1 aromatic rings. The highest BCUT2D eigenvalue weighted by atomic mass is 16.5. The van der Waals surface area contributed by atoms with Crippen molar-refractivity contribution < 1.29 is 14.3 Å². The molecule has 1 aliphatic carbocycles. The van der Waals surface area contributed by atoms with E-state index in [4.69, 9.17) is 9.47 Å². The number of likely N-dealkylation sites (N-methyl/N-ethyl adjacent to an activating group) is 1. The summed E-state index contributed by atoms with van der Waals surface area (Å²) in [5, 5.41) is 3.45. The molecule has 7 nitrogen and oxygen atoms in total. The van der Waals surface area contributed by atoms with Gasteiger partial charge in [-0.1, -0.05) is 18.9 Å². The molecule has 29 heavy (non-hydrogen) atoms. The molecule has 0 aromatic heterocycles. The van der Waals surface area contributed by atoms with E-state index in [0.717, 1.165) is 56.1 Å². The fraction of sp³-hybridized carbons (Fsp3) is 0.636. The van der Waals surface area contributed by atoms with Gasteiger partial charge in [-0.3, -0.25) is 9.79 Å². The summed E-state index contributed by atoms with van der Waals surface area (Å²) >= 11 is 0. The van der Waals surface area contributed by atoms with Crippen LogP contribution in [0.3, 0.4) is 0 Å². The molecule has 0 radical (unpaired) electrons. The molecular formula is C22H36N4O3. The van der Waals surface area contributed by atoms with Gasteiger partial charge in [-0.05, 0) is 37.0 Å². The minimum absolute atomic E-state index is 0.214. The van der Waals surface area contributed by atoms with Gasteiger partial charge < -0.3 is 24.6 Å². The second-order valence-corrected chi connectivity index (χ2v) is 7.95. The Morgan fingerprint density at radius 3 is 2.34 bits per heavy atom. The summed E-state index contributed by atoms with van der Waals surface area (Å²) in [5.74, 6) is 2.49. The van der Waals surface area contributed by atoms with Crippen LogP contribution in [0.2, 0.25) is 0 Å². The SMILES string of the molecule is CN=C(NCC1(C(=O)N(C)C)CCCC1)N(C)CCc1ccc(OC)c(OC)c1. The summed E-state index contributed by atoms with van der Waals surface area (Å²) in [7, 11) is 10.8. The molecule has 0 bridgehead atoms. The molecule has 7 heteroatoms. The molecule has 1 N–H and O–H groups in total. The van der Waals surface area contributed by atoms with E-state index in [-0.39, 0.29) is 11.3 Å². The molecule has 1 saturated carbocycles. The van der Waals surface area contributed by atoms with Crippen molar-refractivity contribution in [2.24, 2.45) is 10.4 Å². The van der Waals surface area contributed by atoms with E-state index < -0.39 is 0 Å². The molecule has 0 unspecified atom stereocenters. The summed E-state index contributed by atoms with van der Waals surface area (Å²) < 4.78 is 10.7. The molecule has 1 fully saturated rings. The fourth-order valence-electron chi connectivity index (χ4n) is 4.06. The molecule has 0 aliphatic heterocycles. The summed E-state index contributed by atoms with van der Waals surface area (Å²) in [4.78, 5) is 21.0. The van der Waals surface area contributed by atoms with Crippen molar-refractivity contribution in [3.8, 4) is 11.5 Å². The third-order valence-corrected chi connectivity index (χ3v) is 5.76. The quantitative estimate of drug-likeness (QED) is 0.532. The van der Waals surface area contributed by atoms with E-state index in [9.17, 15) is 4.79 Å². The van der Waals surface area contributed by atoms with Crippen LogP contribution in [0.15, 0.2) is 23.2 Å². The van der Waals surface area contributed by atoms with Gasteiger partial charge in [0.2, 0.25) is 5.91 Å². The molecular weight excluding hydrogens is 368 g/mol. The molecule has 0 heterocycles. The number of nitrogens with zero attached hydrogens (tertiary/aromatic N) is 3. The first-order chi connectivity index (χ1) is 13.9. The lowest BCUT2D eigenvalue weighted by molar-refractivity contribution is -0.138. The summed E-state index contributed by atoms with van der Waals surface area (Å²) in [6.45, 7) is 1.42. The maximum atomic E-state index is 12.8. The number of amides is 1. The van der Waals surface area contributed by atoms with E-state index in [1.54, 1.807) is 26.2 Å². The highest BCUT2D eigenvalue weighted by Gasteiger charge is 2.42. The summed E-state index contributed by atoms with van der Waals surface area (Å²) in [6.07, 6.45) is 4.93. The van der Waals surface area contributed by atoms with E-state index in [0.29, 0.717) is 6.54 Å². The zero-order valence-corrected chi connectivity index (χ0v) is 18.7. The van der Waals surface area contributed by atoms with Crippen molar-refractivity contribution in [2.75, 3.05) is 55.5 Å². The molecule has 162 valence electrons. The highest BCUT2D eigenvalue weighted by molar-refractivity contribution is 5.85. The number of rotatable bonds is 8. The third kappa shape index (κ3) is 5.55. The van der Waals surface area contributed by atoms with Gasteiger partial charge in [-0.25, -0.2) is 0 Å². The number of ether oxygens (including phenoxy) is 2. The van der Waals surface area contributed by atoms with Gasteiger partial charge in [-0.2, -0.15) is 0 Å². The van der Waals surface area contributed by atoms with Crippen LogP contribution in [0, 0.1) is 5.41 Å². The smallest absolute Gasteiger partial charge is 0.230 e. The normalized spacial score (nSPS) is 15.7. The second-order valence-electron chi connectivity index (χ2n) is 7.95. The average molecular weight is 405 g/mol. The minimum Gasteiger partial charge on any atom is -0.493 e. The number of carbonyl (C=O) groups excluding carboxylic acids is 1. The Morgan fingerprint density at radius 1 is 1.14 bits per heavy atom. The van der Waals surface area contributed by atoms with Gasteiger partial charge in [0.25, 0.3) is 0 Å². The van der Waals surface area contributed by atoms with Crippen LogP contribution in [-0.4, -0.2) is 77.2 Å². The number of carbonyl (C=O) groups is 1. The number of aliphatic imine (C=N–C) groups is 1. The first-order valence-corrected chi connectivity index (χ1v) is 10.2. The van der Waals surface area contributed by atoms with Gasteiger partial charge in [-0.15, -0.1) is 0 Å². The first-order valence-electron chi connectivity index (χ1n) is 10.2. The van der Waals surface area contributed by atoms with Crippen LogP contribution in [0.25, 0.3) is 0 Å². The Labute approximate surface area is 175 Å². The standard InChI is InChI=1S/C22H36N4O3/c1-23-21(24-16-22(12-7-8-13-22)20(27)25(2)3)26(4)14-11-17-9-10-18(28-5)19(15-17)29-6/h9-10,15H,7-8,11-14,16H2,1-6H3,(H,23,24). The van der Waals surface area contributed by atoms with E-state index in [1.807, 2.05) is 33.3 Å². The topological polar surface area (TPSA) is 66.4 Å². The van der Waals surface area contributed by atoms with Crippen LogP contribution >= 0.6 is 0 Å². The molecule has 2 rings (SSSR count). The number of hydrogen-bond acceptors (Lipinski definition) is 4. The third-order valence-electron chi connectivity index (χ3n) is 5.76. The number of hydrogen-bond donors (Lipinski definition) is 1. The highest BCUT2D eigenvalue weighted by Crippen LogP contribution is 2.39. The Hall–Kier alpha value is -2.44. The summed E-state index contributed by atoms with van der Waals surface area (Å²) in [5.41, 5.74) is 0.851. The number of guanidine groups is 1. The van der Waals surface area contributed by atoms with Crippen LogP contribution < -0.4 is 14.8 Å². The lowest BCUT2D eigenvalue weighted by Crippen LogP contribution is -2.49. The van der Waals surface area contributed by atoms with Gasteiger partial charge in [0, 0.05) is 41.3 Å². The number of methoxy groups -OCH3 is 2. The molecule has 1 aromatic carbocycles. The Balaban J connectivity index is 1.97. The lowest BCUT2D eigenvalue weighted by Gasteiger charge is -2.32. The monoisotopic (exact) mass is 404 g/mol. The van der Waals surface area contributed by atoms with Gasteiger partial charge >= 0.3 is 0 Å². The molecule has 0 spiro atoms. The van der Waals surface area contributed by atoms with Gasteiger partial charge in [0.1, 0.15) is 0 Å². The van der Waals surface area contributed by atoms with Crippen molar-refractivity contribution in [2.45, 2.75) is 32.1 Å². The summed E-state index contributed by atoms with van der Waals surface area (Å²) in [6, 6.07) is 5.98. The zero-order valence-electron chi connectivity index (χ0n) is 18.7. The predicted molar refractivity (Wildman–Crippen MR) is 117 cm³/mol. The largest absolute Gasteiger partial charge is 0.493 e. The number of nitrogens with one attached hydrogen (secondary N) is 1. The van der Waals surface area contributed by atoms with E-state index >= 15 is 0 Å². The molecule has 1 amide bonds. The molecule has 1 aliphatic rings. The minimum atomic E-state index is -0.316. The number of benzene rings is 1. The van der Waals surface area contributed by atoms with Crippen molar-refractivity contribution in [3.05, 3.63) is 23.8 Å². The van der Waals surface area contributed by atoms with Crippen molar-refractivity contribution in [1.82, 2.24) is 15.1 Å². The van der Waals surface area contributed by atoms with Crippen LogP contribution in [0.4, 0.5) is 0 Å². The van der Waals surface area contributed by atoms with Crippen molar-refractivity contribution >= 4 is 11.9 Å². The lowest BCUT2D eigenvalue weighted by atomic mass is 9.84. The maximum absolute atomic E-state index is 12.8. The van der Waals surface area contributed by atoms with Crippen LogP contribution in [-0.2, 0) is 11.2 Å². The van der Waals surface area contributed by atoms with Crippen molar-refractivity contribution in [1.29, 1.82) is 0 Å². The van der Waals surface area contributed by atoms with Crippen LogP contribution in [0.5, 0.6) is 11.5 Å². The van der Waals surface area contributed by atoms with Crippen molar-refractivity contribution in [3.63, 3.8) is 0 Å². The molecule has 0 atom stereocenters. The Morgan fingerprint density at radius 2 is 1.79 bits per heavy atom. The zero-order chi connectivity index (χ0) is 21.4. The first kappa shape index (κ1) is 22.8. The fourth-order valence-corrected chi connectivity index (χ4v) is 4.06. The second kappa shape index (κ2) is 10.4. The van der Waals surface area contributed by atoms with Gasteiger partial charge in [0.05, 0.1) is 19.6 Å². The Bertz CT molecular complexity index is 712. The van der Waals surface area contributed by atoms with Gasteiger partial charge in [0.15, 0.2) is 17.5 Å². The van der Waals surface area contributed by atoms with E-state index in [1.165, 1.54) is 5.56 Å². The average Bonchev–Trinajstić information content (AvgIpc) is 3.21. The van der Waals surface area contributed by atoms with E-state index in [2.05, 4.69) is 21.3 Å². The Kier molecular flexibility index (Phi) is 8.17. The maximum Gasteiger partial charge on any atom is 0.230 e. The molecule has 0 saturated heterocycles. The predicted octanol–water partition coefficient (Wildman–Crippen LogP) is 2.40.